The number of aliphatic imine (C=N–C) groups is 1. The van der Waals surface area contributed by atoms with Gasteiger partial charge in [-0.15, -0.1) is 0 Å². The zero-order valence-corrected chi connectivity index (χ0v) is 10.6. The number of guanidine groups is 1. The number of carbonyl (C=O) groups excluding carboxylic acids is 2. The van der Waals surface area contributed by atoms with Crippen molar-refractivity contribution in [3.05, 3.63) is 0 Å². The molecule has 1 fully saturated rings. The largest absolute Gasteiger partial charge is 0.370 e. The SMILES string of the molecule is CC(C)CN=C(N)NC1CCC(=O)N(C)C1=O. The summed E-state index contributed by atoms with van der Waals surface area (Å²) in [4.78, 5) is 28.3. The van der Waals surface area contributed by atoms with E-state index in [2.05, 4.69) is 10.3 Å². The molecule has 96 valence electrons. The minimum Gasteiger partial charge on any atom is -0.370 e. The highest BCUT2D eigenvalue weighted by atomic mass is 16.2. The molecule has 1 aliphatic heterocycles. The van der Waals surface area contributed by atoms with Gasteiger partial charge in [0.15, 0.2) is 5.96 Å². The number of hydrogen-bond donors (Lipinski definition) is 2. The standard InChI is InChI=1S/C11H20N4O2/c1-7(2)6-13-11(12)14-8-4-5-9(16)15(3)10(8)17/h7-8H,4-6H2,1-3H3,(H3,12,13,14). The monoisotopic (exact) mass is 240 g/mol. The summed E-state index contributed by atoms with van der Waals surface area (Å²) in [6, 6.07) is -0.436. The number of nitrogens with zero attached hydrogens (tertiary/aromatic N) is 2. The van der Waals surface area contributed by atoms with Crippen molar-refractivity contribution in [3.63, 3.8) is 0 Å². The molecule has 0 bridgehead atoms. The third-order valence-electron chi connectivity index (χ3n) is 2.60. The Bertz CT molecular complexity index is 338. The van der Waals surface area contributed by atoms with Gasteiger partial charge in [-0.1, -0.05) is 13.8 Å². The Morgan fingerprint density at radius 2 is 2.24 bits per heavy atom. The lowest BCUT2D eigenvalue weighted by molar-refractivity contribution is -0.147. The van der Waals surface area contributed by atoms with Crippen molar-refractivity contribution >= 4 is 17.8 Å². The topological polar surface area (TPSA) is 87.8 Å². The molecule has 3 N–H and O–H groups in total. The molecule has 0 aliphatic carbocycles. The van der Waals surface area contributed by atoms with Crippen LogP contribution in [0.5, 0.6) is 0 Å². The number of carbonyl (C=O) groups is 2. The third-order valence-corrected chi connectivity index (χ3v) is 2.60. The van der Waals surface area contributed by atoms with E-state index in [9.17, 15) is 9.59 Å². The summed E-state index contributed by atoms with van der Waals surface area (Å²) in [5.41, 5.74) is 5.68. The van der Waals surface area contributed by atoms with Crippen LogP contribution in [-0.2, 0) is 9.59 Å². The minimum absolute atomic E-state index is 0.147. The first-order valence-electron chi connectivity index (χ1n) is 5.78. The highest BCUT2D eigenvalue weighted by molar-refractivity contribution is 6.01. The Hall–Kier alpha value is -1.59. The van der Waals surface area contributed by atoms with Crippen molar-refractivity contribution in [1.82, 2.24) is 10.2 Å². The summed E-state index contributed by atoms with van der Waals surface area (Å²) in [6.45, 7) is 4.69. The van der Waals surface area contributed by atoms with E-state index >= 15 is 0 Å². The summed E-state index contributed by atoms with van der Waals surface area (Å²) in [7, 11) is 1.49. The second-order valence-electron chi connectivity index (χ2n) is 4.65. The van der Waals surface area contributed by atoms with Crippen LogP contribution in [0.1, 0.15) is 26.7 Å². The van der Waals surface area contributed by atoms with Gasteiger partial charge in [0.2, 0.25) is 5.91 Å². The second-order valence-corrected chi connectivity index (χ2v) is 4.65. The highest BCUT2D eigenvalue weighted by Gasteiger charge is 2.31. The van der Waals surface area contributed by atoms with E-state index in [0.717, 1.165) is 4.90 Å². The fraction of sp³-hybridized carbons (Fsp3) is 0.727. The Labute approximate surface area is 101 Å². The molecule has 1 aliphatic rings. The molecule has 0 spiro atoms. The number of imide groups is 1. The Balaban J connectivity index is 2.54. The van der Waals surface area contributed by atoms with E-state index in [1.54, 1.807) is 0 Å². The van der Waals surface area contributed by atoms with E-state index in [0.29, 0.717) is 25.3 Å². The molecule has 0 saturated carbocycles. The van der Waals surface area contributed by atoms with Gasteiger partial charge in [-0.3, -0.25) is 19.5 Å². The molecule has 0 radical (unpaired) electrons. The predicted molar refractivity (Wildman–Crippen MR) is 65.3 cm³/mol. The van der Waals surface area contributed by atoms with Crippen LogP contribution in [0, 0.1) is 5.92 Å². The van der Waals surface area contributed by atoms with Crippen LogP contribution in [0.15, 0.2) is 4.99 Å². The molecular weight excluding hydrogens is 220 g/mol. The fourth-order valence-electron chi connectivity index (χ4n) is 1.55. The van der Waals surface area contributed by atoms with E-state index in [-0.39, 0.29) is 17.8 Å². The zero-order valence-electron chi connectivity index (χ0n) is 10.6. The number of amides is 2. The summed E-state index contributed by atoms with van der Waals surface area (Å²) in [5.74, 6) is 0.288. The van der Waals surface area contributed by atoms with Crippen molar-refractivity contribution < 1.29 is 9.59 Å². The molecule has 1 unspecified atom stereocenters. The molecule has 2 amide bonds. The highest BCUT2D eigenvalue weighted by Crippen LogP contribution is 2.10. The van der Waals surface area contributed by atoms with Crippen LogP contribution in [0.3, 0.4) is 0 Å². The van der Waals surface area contributed by atoms with Gasteiger partial charge < -0.3 is 11.1 Å². The van der Waals surface area contributed by atoms with Gasteiger partial charge in [-0.25, -0.2) is 0 Å². The number of likely N-dealkylation sites (tertiary alicyclic amines) is 1. The van der Waals surface area contributed by atoms with Crippen molar-refractivity contribution in [2.45, 2.75) is 32.7 Å². The fourth-order valence-corrected chi connectivity index (χ4v) is 1.55. The van der Waals surface area contributed by atoms with Crippen molar-refractivity contribution in [1.29, 1.82) is 0 Å². The Morgan fingerprint density at radius 1 is 1.59 bits per heavy atom. The number of nitrogens with two attached hydrogens (primary N) is 1. The van der Waals surface area contributed by atoms with Gasteiger partial charge in [0.25, 0.3) is 5.91 Å². The van der Waals surface area contributed by atoms with Gasteiger partial charge >= 0.3 is 0 Å². The number of hydrogen-bond acceptors (Lipinski definition) is 3. The molecule has 6 heteroatoms. The molecule has 1 heterocycles. The quantitative estimate of drug-likeness (QED) is 0.402. The minimum atomic E-state index is -0.436. The number of piperidine rings is 1. The van der Waals surface area contributed by atoms with Crippen LogP contribution < -0.4 is 11.1 Å². The van der Waals surface area contributed by atoms with Crippen molar-refractivity contribution in [2.75, 3.05) is 13.6 Å². The first-order valence-corrected chi connectivity index (χ1v) is 5.78. The number of rotatable bonds is 3. The lowest BCUT2D eigenvalue weighted by Gasteiger charge is -2.28. The summed E-state index contributed by atoms with van der Waals surface area (Å²) >= 11 is 0. The molecule has 0 aromatic carbocycles. The molecule has 0 aromatic heterocycles. The van der Waals surface area contributed by atoms with Crippen LogP contribution in [0.2, 0.25) is 0 Å². The first kappa shape index (κ1) is 13.5. The Morgan fingerprint density at radius 3 is 2.82 bits per heavy atom. The summed E-state index contributed by atoms with van der Waals surface area (Å²) < 4.78 is 0. The number of likely N-dealkylation sites (N-methyl/N-ethyl adjacent to an activating group) is 1. The van der Waals surface area contributed by atoms with E-state index in [4.69, 9.17) is 5.73 Å². The average Bonchev–Trinajstić information content (AvgIpc) is 2.27. The van der Waals surface area contributed by atoms with Crippen LogP contribution in [-0.4, -0.2) is 42.3 Å². The Kier molecular flexibility index (Phi) is 4.48. The van der Waals surface area contributed by atoms with Crippen LogP contribution >= 0.6 is 0 Å². The summed E-state index contributed by atoms with van der Waals surface area (Å²) in [5, 5.41) is 2.86. The van der Waals surface area contributed by atoms with Crippen molar-refractivity contribution in [3.8, 4) is 0 Å². The zero-order chi connectivity index (χ0) is 13.0. The predicted octanol–water partition coefficient (Wildman–Crippen LogP) is -0.306. The smallest absolute Gasteiger partial charge is 0.251 e. The van der Waals surface area contributed by atoms with Gasteiger partial charge in [-0.2, -0.15) is 0 Å². The maximum atomic E-state index is 11.7. The molecule has 17 heavy (non-hydrogen) atoms. The van der Waals surface area contributed by atoms with E-state index in [1.807, 2.05) is 13.8 Å². The first-order chi connectivity index (χ1) is 7.91. The van der Waals surface area contributed by atoms with Gasteiger partial charge in [0.05, 0.1) is 0 Å². The maximum Gasteiger partial charge on any atom is 0.251 e. The molecule has 1 atom stereocenters. The lowest BCUT2D eigenvalue weighted by Crippen LogP contribution is -2.54. The lowest BCUT2D eigenvalue weighted by atomic mass is 10.1. The normalized spacial score (nSPS) is 22.2. The van der Waals surface area contributed by atoms with E-state index in [1.165, 1.54) is 7.05 Å². The third kappa shape index (κ3) is 3.72. The van der Waals surface area contributed by atoms with Gasteiger partial charge in [-0.05, 0) is 12.3 Å². The molecular formula is C11H20N4O2. The summed E-state index contributed by atoms with van der Waals surface area (Å²) in [6.07, 6.45) is 0.831. The molecule has 1 saturated heterocycles. The average molecular weight is 240 g/mol. The maximum absolute atomic E-state index is 11.7. The second kappa shape index (κ2) is 5.65. The van der Waals surface area contributed by atoms with Crippen molar-refractivity contribution in [2.24, 2.45) is 16.6 Å². The van der Waals surface area contributed by atoms with E-state index < -0.39 is 6.04 Å². The van der Waals surface area contributed by atoms with Crippen LogP contribution in [0.4, 0.5) is 0 Å². The molecule has 6 nitrogen and oxygen atoms in total. The number of nitrogens with one attached hydrogen (secondary N) is 1. The molecule has 1 rings (SSSR count). The van der Waals surface area contributed by atoms with Gasteiger partial charge in [0.1, 0.15) is 6.04 Å². The van der Waals surface area contributed by atoms with Gasteiger partial charge in [0, 0.05) is 20.0 Å². The van der Waals surface area contributed by atoms with Crippen LogP contribution in [0.25, 0.3) is 0 Å². The molecule has 0 aromatic rings.